The molecule has 0 bridgehead atoms. The van der Waals surface area contributed by atoms with Crippen molar-refractivity contribution < 1.29 is 23.9 Å². The lowest BCUT2D eigenvalue weighted by molar-refractivity contribution is -0.167. The number of aryl methyl sites for hydroxylation is 1. The van der Waals surface area contributed by atoms with Crippen LogP contribution in [0.1, 0.15) is 70.9 Å². The van der Waals surface area contributed by atoms with Crippen LogP contribution in [-0.2, 0) is 19.1 Å². The number of nitrogens with zero attached hydrogens (tertiary/aromatic N) is 1. The molecular weight excluding hydrogens is 508 g/mol. The zero-order valence-electron chi connectivity index (χ0n) is 24.8. The molecule has 2 aromatic rings. The summed E-state index contributed by atoms with van der Waals surface area (Å²) in [5.41, 5.74) is 9.64. The zero-order chi connectivity index (χ0) is 29.7. The monoisotopic (exact) mass is 554 g/mol. The van der Waals surface area contributed by atoms with Crippen LogP contribution in [0.15, 0.2) is 42.5 Å². The van der Waals surface area contributed by atoms with Gasteiger partial charge in [-0.2, -0.15) is 0 Å². The lowest BCUT2D eigenvalue weighted by Crippen LogP contribution is -2.32. The van der Waals surface area contributed by atoms with E-state index in [1.54, 1.807) is 0 Å². The fraction of sp³-hybridized carbons (Fsp3) is 0.516. The number of nitrogens with two attached hydrogens (primary N) is 1. The van der Waals surface area contributed by atoms with Crippen molar-refractivity contribution in [1.29, 1.82) is 0 Å². The molecule has 0 aromatic heterocycles. The number of ether oxygens (including phenoxy) is 2. The molecule has 0 fully saturated rings. The topological polar surface area (TPSA) is 123 Å². The van der Waals surface area contributed by atoms with Gasteiger partial charge in [0.05, 0.1) is 24.2 Å². The summed E-state index contributed by atoms with van der Waals surface area (Å²) in [7, 11) is 0. The molecule has 0 spiro atoms. The van der Waals surface area contributed by atoms with E-state index in [-0.39, 0.29) is 31.3 Å². The summed E-state index contributed by atoms with van der Waals surface area (Å²) in [6.45, 7) is 14.1. The number of anilines is 3. The van der Waals surface area contributed by atoms with Crippen molar-refractivity contribution in [2.24, 2.45) is 17.6 Å². The first kappa shape index (κ1) is 32.6. The Hall–Kier alpha value is -3.59. The van der Waals surface area contributed by atoms with E-state index < -0.39 is 18.7 Å². The van der Waals surface area contributed by atoms with Crippen molar-refractivity contribution in [1.82, 2.24) is 0 Å². The Kier molecular flexibility index (Phi) is 13.5. The molecule has 1 atom stereocenters. The number of esters is 2. The van der Waals surface area contributed by atoms with Gasteiger partial charge in [0.1, 0.15) is 0 Å². The molecule has 2 amide bonds. The summed E-state index contributed by atoms with van der Waals surface area (Å²) in [6.07, 6.45) is 0.860. The molecular formula is C31H46N4O5. The van der Waals surface area contributed by atoms with E-state index in [0.29, 0.717) is 29.6 Å². The molecule has 4 N–H and O–H groups in total. The van der Waals surface area contributed by atoms with Gasteiger partial charge in [-0.3, -0.25) is 9.59 Å². The van der Waals surface area contributed by atoms with Crippen LogP contribution in [0.5, 0.6) is 0 Å². The van der Waals surface area contributed by atoms with Crippen LogP contribution in [0.3, 0.4) is 0 Å². The number of hydrogen-bond donors (Lipinski definition) is 3. The number of hydrogen-bond acceptors (Lipinski definition) is 7. The van der Waals surface area contributed by atoms with Crippen molar-refractivity contribution in [3.63, 3.8) is 0 Å². The van der Waals surface area contributed by atoms with E-state index in [9.17, 15) is 14.4 Å². The van der Waals surface area contributed by atoms with Gasteiger partial charge >= 0.3 is 18.0 Å². The summed E-state index contributed by atoms with van der Waals surface area (Å²) in [5, 5.41) is 5.97. The Labute approximate surface area is 238 Å². The lowest BCUT2D eigenvalue weighted by Gasteiger charge is -2.31. The molecule has 2 rings (SSSR count). The Bertz CT molecular complexity index is 1090. The van der Waals surface area contributed by atoms with Gasteiger partial charge in [-0.25, -0.2) is 4.79 Å². The van der Waals surface area contributed by atoms with E-state index in [2.05, 4.69) is 43.2 Å². The van der Waals surface area contributed by atoms with Crippen LogP contribution in [0.25, 0.3) is 0 Å². The van der Waals surface area contributed by atoms with Gasteiger partial charge in [0.25, 0.3) is 0 Å². The van der Waals surface area contributed by atoms with E-state index in [4.69, 9.17) is 15.2 Å². The minimum absolute atomic E-state index is 0.0688. The minimum Gasteiger partial charge on any atom is -0.428 e. The van der Waals surface area contributed by atoms with Crippen LogP contribution in [0.4, 0.5) is 21.9 Å². The fourth-order valence-electron chi connectivity index (χ4n) is 4.37. The Morgan fingerprint density at radius 2 is 1.52 bits per heavy atom. The maximum absolute atomic E-state index is 13.1. The van der Waals surface area contributed by atoms with Gasteiger partial charge in [-0.1, -0.05) is 58.4 Å². The van der Waals surface area contributed by atoms with Gasteiger partial charge in [-0.05, 0) is 60.9 Å². The van der Waals surface area contributed by atoms with Gasteiger partial charge in [0.2, 0.25) is 6.79 Å². The first-order valence-corrected chi connectivity index (χ1v) is 14.1. The Morgan fingerprint density at radius 1 is 0.900 bits per heavy atom. The molecule has 0 saturated carbocycles. The van der Waals surface area contributed by atoms with Crippen molar-refractivity contribution in [2.75, 3.05) is 42.0 Å². The fourth-order valence-corrected chi connectivity index (χ4v) is 4.37. The number of carbonyl (C=O) groups excluding carboxylic acids is 3. The first-order valence-electron chi connectivity index (χ1n) is 14.1. The number of nitrogens with one attached hydrogen (secondary N) is 2. The third-order valence-corrected chi connectivity index (χ3v) is 6.26. The highest BCUT2D eigenvalue weighted by molar-refractivity contribution is 6.02. The first-order chi connectivity index (χ1) is 19.0. The lowest BCUT2D eigenvalue weighted by atomic mass is 9.92. The molecule has 0 aliphatic carbocycles. The maximum atomic E-state index is 13.1. The van der Waals surface area contributed by atoms with Gasteiger partial charge in [0.15, 0.2) is 0 Å². The predicted molar refractivity (Wildman–Crippen MR) is 161 cm³/mol. The molecule has 9 heteroatoms. The number of amides is 2. The summed E-state index contributed by atoms with van der Waals surface area (Å²) < 4.78 is 10.00. The molecule has 0 saturated heterocycles. The third kappa shape index (κ3) is 11.3. The molecule has 220 valence electrons. The summed E-state index contributed by atoms with van der Waals surface area (Å²) in [4.78, 5) is 39.3. The van der Waals surface area contributed by atoms with Crippen molar-refractivity contribution in [3.05, 3.63) is 53.6 Å². The molecule has 0 aliphatic rings. The highest BCUT2D eigenvalue weighted by Gasteiger charge is 2.21. The maximum Gasteiger partial charge on any atom is 0.323 e. The van der Waals surface area contributed by atoms with Crippen molar-refractivity contribution in [2.45, 2.75) is 66.7 Å². The Morgan fingerprint density at radius 3 is 2.10 bits per heavy atom. The molecule has 0 aliphatic heterocycles. The number of urea groups is 1. The van der Waals surface area contributed by atoms with Crippen molar-refractivity contribution >= 4 is 35.0 Å². The second-order valence-electron chi connectivity index (χ2n) is 10.9. The van der Waals surface area contributed by atoms with Crippen LogP contribution >= 0.6 is 0 Å². The number of rotatable bonds is 15. The quantitative estimate of drug-likeness (QED) is 0.181. The van der Waals surface area contributed by atoms with Crippen LogP contribution in [-0.4, -0.2) is 44.4 Å². The molecule has 9 nitrogen and oxygen atoms in total. The number of benzene rings is 2. The largest absolute Gasteiger partial charge is 0.428 e. The standard InChI is InChI=1S/C31H46N4O5/c1-7-24(17-30(37)40-20-39-29(36)14-15-32)25-10-13-28(35(18-21(2)3)19-22(4)5)27(16-25)34-31(38)33-26-11-8-23(6)9-12-26/h8-13,16,21-22,24H,7,14-15,17-20,32H2,1-6H3,(H2,33,34,38). The molecule has 40 heavy (non-hydrogen) atoms. The van der Waals surface area contributed by atoms with E-state index >= 15 is 0 Å². The van der Waals surface area contributed by atoms with Crippen LogP contribution < -0.4 is 21.3 Å². The SMILES string of the molecule is CCC(CC(=O)OCOC(=O)CCN)c1ccc(N(CC(C)C)CC(C)C)c(NC(=O)Nc2ccc(C)cc2)c1. The highest BCUT2D eigenvalue weighted by atomic mass is 16.7. The normalized spacial score (nSPS) is 11.7. The van der Waals surface area contributed by atoms with E-state index in [1.165, 1.54) is 0 Å². The van der Waals surface area contributed by atoms with E-state index in [0.717, 1.165) is 29.9 Å². The minimum atomic E-state index is -0.509. The molecule has 2 aromatic carbocycles. The van der Waals surface area contributed by atoms with Gasteiger partial charge in [0, 0.05) is 25.3 Å². The predicted octanol–water partition coefficient (Wildman–Crippen LogP) is 6.03. The van der Waals surface area contributed by atoms with Crippen LogP contribution in [0.2, 0.25) is 0 Å². The molecule has 0 radical (unpaired) electrons. The summed E-state index contributed by atoms with van der Waals surface area (Å²) >= 11 is 0. The van der Waals surface area contributed by atoms with Crippen LogP contribution in [0, 0.1) is 18.8 Å². The molecule has 1 unspecified atom stereocenters. The summed E-state index contributed by atoms with van der Waals surface area (Å²) in [5.74, 6) is -0.283. The van der Waals surface area contributed by atoms with Gasteiger partial charge < -0.3 is 30.7 Å². The average molecular weight is 555 g/mol. The number of carbonyl (C=O) groups is 3. The second kappa shape index (κ2) is 16.5. The van der Waals surface area contributed by atoms with Gasteiger partial charge in [-0.15, -0.1) is 0 Å². The Balaban J connectivity index is 2.29. The molecule has 0 heterocycles. The van der Waals surface area contributed by atoms with Crippen molar-refractivity contribution in [3.8, 4) is 0 Å². The summed E-state index contributed by atoms with van der Waals surface area (Å²) in [6, 6.07) is 13.2. The highest BCUT2D eigenvalue weighted by Crippen LogP contribution is 2.34. The smallest absolute Gasteiger partial charge is 0.323 e. The second-order valence-corrected chi connectivity index (χ2v) is 10.9. The third-order valence-electron chi connectivity index (χ3n) is 6.26. The van der Waals surface area contributed by atoms with E-state index in [1.807, 2.05) is 56.3 Å². The zero-order valence-corrected chi connectivity index (χ0v) is 24.8. The average Bonchev–Trinajstić information content (AvgIpc) is 2.88.